The van der Waals surface area contributed by atoms with E-state index >= 15 is 0 Å². The van der Waals surface area contributed by atoms with Crippen LogP contribution in [0.5, 0.6) is 5.75 Å². The van der Waals surface area contributed by atoms with Crippen molar-refractivity contribution in [1.82, 2.24) is 0 Å². The second-order valence-corrected chi connectivity index (χ2v) is 3.89. The van der Waals surface area contributed by atoms with E-state index in [4.69, 9.17) is 10.5 Å². The van der Waals surface area contributed by atoms with Crippen molar-refractivity contribution in [2.24, 2.45) is 5.73 Å². The average molecular weight is 247 g/mol. The number of halogens is 3. The van der Waals surface area contributed by atoms with Gasteiger partial charge in [-0.2, -0.15) is 13.2 Å². The van der Waals surface area contributed by atoms with Crippen LogP contribution in [-0.4, -0.2) is 19.3 Å². The Balaban J connectivity index is 2.35. The Morgan fingerprint density at radius 2 is 1.82 bits per heavy atom. The summed E-state index contributed by atoms with van der Waals surface area (Å²) in [5.74, 6) is 0.737. The molecule has 2 N–H and O–H groups in total. The zero-order chi connectivity index (χ0) is 12.9. The van der Waals surface area contributed by atoms with E-state index in [9.17, 15) is 13.2 Å². The first kappa shape index (κ1) is 13.8. The van der Waals surface area contributed by atoms with E-state index in [1.54, 1.807) is 19.2 Å². The van der Waals surface area contributed by atoms with Crippen molar-refractivity contribution < 1.29 is 17.9 Å². The molecule has 1 aromatic rings. The maximum atomic E-state index is 12.1. The first-order valence-electron chi connectivity index (χ1n) is 5.38. The minimum Gasteiger partial charge on any atom is -0.497 e. The van der Waals surface area contributed by atoms with E-state index in [-0.39, 0.29) is 6.42 Å². The molecule has 1 atom stereocenters. The molecular formula is C12H16F3NO. The summed E-state index contributed by atoms with van der Waals surface area (Å²) in [6.45, 7) is 0. The molecule has 17 heavy (non-hydrogen) atoms. The van der Waals surface area contributed by atoms with Gasteiger partial charge in [0.2, 0.25) is 0 Å². The molecule has 2 nitrogen and oxygen atoms in total. The van der Waals surface area contributed by atoms with Crippen LogP contribution in [-0.2, 0) is 6.42 Å². The second kappa shape index (κ2) is 5.91. The highest BCUT2D eigenvalue weighted by Gasteiger charge is 2.35. The molecule has 1 aromatic carbocycles. The van der Waals surface area contributed by atoms with Gasteiger partial charge < -0.3 is 10.5 Å². The molecule has 96 valence electrons. The summed E-state index contributed by atoms with van der Waals surface area (Å²) in [4.78, 5) is 0. The lowest BCUT2D eigenvalue weighted by Gasteiger charge is -2.15. The van der Waals surface area contributed by atoms with Gasteiger partial charge >= 0.3 is 6.18 Å². The molecule has 0 aliphatic rings. The summed E-state index contributed by atoms with van der Waals surface area (Å²) >= 11 is 0. The molecule has 0 bridgehead atoms. The number of hydrogen-bond donors (Lipinski definition) is 1. The molecule has 1 rings (SSSR count). The summed E-state index contributed by atoms with van der Waals surface area (Å²) < 4.78 is 41.4. The predicted molar refractivity (Wildman–Crippen MR) is 60.0 cm³/mol. The number of benzene rings is 1. The average Bonchev–Trinajstić information content (AvgIpc) is 2.28. The third-order valence-electron chi connectivity index (χ3n) is 2.56. The van der Waals surface area contributed by atoms with Gasteiger partial charge in [-0.15, -0.1) is 0 Å². The lowest BCUT2D eigenvalue weighted by molar-refractivity contribution is -0.149. The van der Waals surface area contributed by atoms with Crippen molar-refractivity contribution in [3.05, 3.63) is 29.8 Å². The Kier molecular flexibility index (Phi) is 4.81. The number of methoxy groups -OCH3 is 1. The normalized spacial score (nSPS) is 13.5. The molecule has 0 aromatic heterocycles. The zero-order valence-corrected chi connectivity index (χ0v) is 9.63. The van der Waals surface area contributed by atoms with Gasteiger partial charge in [0.15, 0.2) is 0 Å². The van der Waals surface area contributed by atoms with Gasteiger partial charge in [-0.3, -0.25) is 0 Å². The van der Waals surface area contributed by atoms with Gasteiger partial charge in [-0.05, 0) is 37.0 Å². The Hall–Kier alpha value is -1.23. The number of aryl methyl sites for hydroxylation is 1. The molecular weight excluding hydrogens is 231 g/mol. The van der Waals surface area contributed by atoms with Crippen LogP contribution in [0.15, 0.2) is 24.3 Å². The monoisotopic (exact) mass is 247 g/mol. The van der Waals surface area contributed by atoms with Crippen molar-refractivity contribution >= 4 is 0 Å². The molecule has 0 amide bonds. The number of alkyl halides is 3. The number of nitrogens with two attached hydrogens (primary N) is 1. The number of hydrogen-bond acceptors (Lipinski definition) is 2. The zero-order valence-electron chi connectivity index (χ0n) is 9.63. The lowest BCUT2D eigenvalue weighted by Crippen LogP contribution is -2.37. The Morgan fingerprint density at radius 3 is 2.29 bits per heavy atom. The number of ether oxygens (including phenoxy) is 1. The summed E-state index contributed by atoms with van der Waals surface area (Å²) in [6, 6.07) is 5.55. The molecule has 0 aliphatic heterocycles. The molecule has 0 saturated carbocycles. The third-order valence-corrected chi connectivity index (χ3v) is 2.56. The quantitative estimate of drug-likeness (QED) is 0.868. The van der Waals surface area contributed by atoms with Crippen LogP contribution in [0.4, 0.5) is 13.2 Å². The van der Waals surface area contributed by atoms with Crippen molar-refractivity contribution in [1.29, 1.82) is 0 Å². The molecule has 0 fully saturated rings. The van der Waals surface area contributed by atoms with Crippen LogP contribution in [0.1, 0.15) is 18.4 Å². The van der Waals surface area contributed by atoms with Crippen molar-refractivity contribution in [3.8, 4) is 5.75 Å². The Morgan fingerprint density at radius 1 is 1.24 bits per heavy atom. The van der Waals surface area contributed by atoms with E-state index in [0.717, 1.165) is 11.3 Å². The lowest BCUT2D eigenvalue weighted by atomic mass is 10.0. The minimum absolute atomic E-state index is 0.0461. The highest BCUT2D eigenvalue weighted by Crippen LogP contribution is 2.22. The van der Waals surface area contributed by atoms with Gasteiger partial charge in [0.05, 0.1) is 7.11 Å². The van der Waals surface area contributed by atoms with E-state index in [2.05, 4.69) is 0 Å². The first-order valence-corrected chi connectivity index (χ1v) is 5.38. The first-order chi connectivity index (χ1) is 7.93. The van der Waals surface area contributed by atoms with Crippen LogP contribution in [0.2, 0.25) is 0 Å². The molecule has 0 radical (unpaired) electrons. The maximum Gasteiger partial charge on any atom is 0.403 e. The van der Waals surface area contributed by atoms with Gasteiger partial charge in [0, 0.05) is 0 Å². The third kappa shape index (κ3) is 4.65. The molecule has 0 saturated heterocycles. The highest BCUT2D eigenvalue weighted by atomic mass is 19.4. The summed E-state index contributed by atoms with van der Waals surface area (Å²) in [5, 5.41) is 0. The molecule has 0 aliphatic carbocycles. The SMILES string of the molecule is COc1ccc(CCC[C@H](N)C(F)(F)F)cc1. The van der Waals surface area contributed by atoms with Crippen LogP contribution >= 0.6 is 0 Å². The topological polar surface area (TPSA) is 35.2 Å². The van der Waals surface area contributed by atoms with Crippen LogP contribution in [0.25, 0.3) is 0 Å². The summed E-state index contributed by atoms with van der Waals surface area (Å²) in [5.41, 5.74) is 6.00. The van der Waals surface area contributed by atoms with E-state index in [0.29, 0.717) is 12.8 Å². The van der Waals surface area contributed by atoms with Gasteiger partial charge in [-0.25, -0.2) is 0 Å². The summed E-state index contributed by atoms with van der Waals surface area (Å²) in [6.07, 6.45) is -3.32. The fourth-order valence-corrected chi connectivity index (χ4v) is 1.48. The summed E-state index contributed by atoms with van der Waals surface area (Å²) in [7, 11) is 1.57. The highest BCUT2D eigenvalue weighted by molar-refractivity contribution is 5.27. The van der Waals surface area contributed by atoms with Crippen molar-refractivity contribution in [2.45, 2.75) is 31.5 Å². The van der Waals surface area contributed by atoms with Gasteiger partial charge in [-0.1, -0.05) is 12.1 Å². The minimum atomic E-state index is -4.29. The molecule has 5 heteroatoms. The Bertz CT molecular complexity index is 335. The molecule has 0 spiro atoms. The standard InChI is InChI=1S/C12H16F3NO/c1-17-10-7-5-9(6-8-10)3-2-4-11(16)12(13,14)15/h5-8,11H,2-4,16H2,1H3/t11-/m0/s1. The predicted octanol–water partition coefficient (Wildman–Crippen LogP) is 2.91. The van der Waals surface area contributed by atoms with E-state index in [1.165, 1.54) is 0 Å². The van der Waals surface area contributed by atoms with Crippen LogP contribution in [0, 0.1) is 0 Å². The van der Waals surface area contributed by atoms with Crippen LogP contribution < -0.4 is 10.5 Å². The number of rotatable bonds is 5. The van der Waals surface area contributed by atoms with Crippen LogP contribution in [0.3, 0.4) is 0 Å². The smallest absolute Gasteiger partial charge is 0.403 e. The van der Waals surface area contributed by atoms with Gasteiger partial charge in [0.25, 0.3) is 0 Å². The second-order valence-electron chi connectivity index (χ2n) is 3.89. The van der Waals surface area contributed by atoms with Crippen molar-refractivity contribution in [3.63, 3.8) is 0 Å². The van der Waals surface area contributed by atoms with Crippen molar-refractivity contribution in [2.75, 3.05) is 7.11 Å². The van der Waals surface area contributed by atoms with E-state index < -0.39 is 12.2 Å². The fraction of sp³-hybridized carbons (Fsp3) is 0.500. The van der Waals surface area contributed by atoms with Gasteiger partial charge in [0.1, 0.15) is 11.8 Å². The largest absolute Gasteiger partial charge is 0.497 e. The molecule has 0 unspecified atom stereocenters. The molecule has 0 heterocycles. The fourth-order valence-electron chi connectivity index (χ4n) is 1.48. The van der Waals surface area contributed by atoms with E-state index in [1.807, 2.05) is 12.1 Å². The maximum absolute atomic E-state index is 12.1. The Labute approximate surface area is 98.6 Å².